The van der Waals surface area contributed by atoms with Crippen molar-refractivity contribution in [3.05, 3.63) is 71.8 Å². The van der Waals surface area contributed by atoms with Gasteiger partial charge in [-0.05, 0) is 31.0 Å². The van der Waals surface area contributed by atoms with Crippen LogP contribution in [0, 0.1) is 11.8 Å². The summed E-state index contributed by atoms with van der Waals surface area (Å²) in [7, 11) is 2.24. The number of benzene rings is 2. The largest absolute Gasteiger partial charge is 0.392 e. The van der Waals surface area contributed by atoms with Crippen LogP contribution in [0.1, 0.15) is 42.5 Å². The van der Waals surface area contributed by atoms with E-state index in [0.717, 1.165) is 12.8 Å². The van der Waals surface area contributed by atoms with E-state index in [1.807, 2.05) is 0 Å². The minimum absolute atomic E-state index is 0.199. The van der Waals surface area contributed by atoms with Crippen molar-refractivity contribution < 1.29 is 5.11 Å². The number of piperidine rings is 1. The molecule has 1 heterocycles. The Morgan fingerprint density at radius 1 is 0.783 bits per heavy atom. The summed E-state index contributed by atoms with van der Waals surface area (Å²) in [5, 5.41) is 11.0. The van der Waals surface area contributed by atoms with Gasteiger partial charge in [0.05, 0.1) is 6.10 Å². The predicted molar refractivity (Wildman–Crippen MR) is 93.0 cm³/mol. The molecule has 4 atom stereocenters. The fourth-order valence-corrected chi connectivity index (χ4v) is 4.98. The first-order valence-electron chi connectivity index (χ1n) is 8.77. The Hall–Kier alpha value is -1.64. The van der Waals surface area contributed by atoms with Crippen LogP contribution in [0.2, 0.25) is 0 Å². The van der Waals surface area contributed by atoms with E-state index in [1.165, 1.54) is 17.5 Å². The minimum Gasteiger partial charge on any atom is -0.392 e. The van der Waals surface area contributed by atoms with E-state index in [2.05, 4.69) is 72.6 Å². The van der Waals surface area contributed by atoms with E-state index in [0.29, 0.717) is 23.9 Å². The molecule has 1 aliphatic carbocycles. The molecule has 120 valence electrons. The molecule has 4 unspecified atom stereocenters. The first-order chi connectivity index (χ1) is 11.3. The Bertz CT molecular complexity index is 586. The van der Waals surface area contributed by atoms with Crippen molar-refractivity contribution in [3.8, 4) is 0 Å². The molecule has 1 aliphatic heterocycles. The minimum atomic E-state index is -0.199. The normalized spacial score (nSPS) is 34.3. The lowest BCUT2D eigenvalue weighted by atomic mass is 9.65. The molecule has 2 aromatic carbocycles. The summed E-state index contributed by atoms with van der Waals surface area (Å²) in [5.74, 6) is 0.697. The molecule has 2 heteroatoms. The maximum absolute atomic E-state index is 11.0. The van der Waals surface area contributed by atoms with Crippen molar-refractivity contribution in [1.29, 1.82) is 0 Å². The van der Waals surface area contributed by atoms with Gasteiger partial charge in [-0.1, -0.05) is 67.1 Å². The zero-order chi connectivity index (χ0) is 15.8. The van der Waals surface area contributed by atoms with Gasteiger partial charge >= 0.3 is 0 Å². The third kappa shape index (κ3) is 2.50. The zero-order valence-electron chi connectivity index (χ0n) is 13.7. The van der Waals surface area contributed by atoms with Crippen LogP contribution in [0.3, 0.4) is 0 Å². The molecule has 2 aromatic rings. The highest BCUT2D eigenvalue weighted by Crippen LogP contribution is 2.52. The summed E-state index contributed by atoms with van der Waals surface area (Å²) in [6.07, 6.45) is 3.29. The van der Waals surface area contributed by atoms with Crippen LogP contribution in [-0.4, -0.2) is 23.2 Å². The summed E-state index contributed by atoms with van der Waals surface area (Å²) in [5.41, 5.74) is 2.67. The number of hydrogen-bond donors (Lipinski definition) is 1. The van der Waals surface area contributed by atoms with Crippen LogP contribution in [0.5, 0.6) is 0 Å². The van der Waals surface area contributed by atoms with Gasteiger partial charge in [0.2, 0.25) is 0 Å². The van der Waals surface area contributed by atoms with Gasteiger partial charge < -0.3 is 5.11 Å². The Labute approximate surface area is 138 Å². The van der Waals surface area contributed by atoms with E-state index in [9.17, 15) is 5.11 Å². The Morgan fingerprint density at radius 2 is 1.22 bits per heavy atom. The summed E-state index contributed by atoms with van der Waals surface area (Å²) < 4.78 is 0. The highest BCUT2D eigenvalue weighted by molar-refractivity contribution is 5.27. The molecule has 2 bridgehead atoms. The summed E-state index contributed by atoms with van der Waals surface area (Å²) in [6.45, 7) is 0. The zero-order valence-corrected chi connectivity index (χ0v) is 13.7. The Balaban J connectivity index is 1.78. The van der Waals surface area contributed by atoms with Gasteiger partial charge in [-0.2, -0.15) is 0 Å². The van der Waals surface area contributed by atoms with Gasteiger partial charge in [0, 0.05) is 23.9 Å². The Kier molecular flexibility index (Phi) is 3.96. The molecular weight excluding hydrogens is 282 g/mol. The number of aliphatic hydroxyl groups excluding tert-OH is 1. The van der Waals surface area contributed by atoms with Crippen LogP contribution in [0.15, 0.2) is 60.7 Å². The van der Waals surface area contributed by atoms with E-state index in [1.54, 1.807) is 0 Å². The lowest BCUT2D eigenvalue weighted by Crippen LogP contribution is -2.53. The third-order valence-corrected chi connectivity index (χ3v) is 5.92. The first-order valence-corrected chi connectivity index (χ1v) is 8.77. The molecule has 1 saturated carbocycles. The molecule has 2 nitrogen and oxygen atoms in total. The van der Waals surface area contributed by atoms with Crippen LogP contribution >= 0.6 is 0 Å². The fourth-order valence-electron chi connectivity index (χ4n) is 4.98. The number of rotatable bonds is 2. The first kappa shape index (κ1) is 14.9. The number of nitrogens with zero attached hydrogens (tertiary/aromatic N) is 1. The van der Waals surface area contributed by atoms with Gasteiger partial charge in [0.25, 0.3) is 0 Å². The predicted octanol–water partition coefficient (Wildman–Crippen LogP) is 4.19. The summed E-state index contributed by atoms with van der Waals surface area (Å²) >= 11 is 0. The SMILES string of the molecule is CN1C(c2ccccc2)C2CCCC(C2O)C1c1ccccc1. The topological polar surface area (TPSA) is 23.5 Å². The molecule has 0 spiro atoms. The number of hydrogen-bond acceptors (Lipinski definition) is 2. The second-order valence-corrected chi connectivity index (χ2v) is 7.13. The molecule has 2 aliphatic rings. The molecule has 23 heavy (non-hydrogen) atoms. The second kappa shape index (κ2) is 6.10. The van der Waals surface area contributed by atoms with Gasteiger partial charge in [-0.3, -0.25) is 4.90 Å². The van der Waals surface area contributed by atoms with Crippen molar-refractivity contribution in [2.24, 2.45) is 11.8 Å². The molecular formula is C21H25NO. The molecule has 2 fully saturated rings. The van der Waals surface area contributed by atoms with Crippen molar-refractivity contribution in [1.82, 2.24) is 4.90 Å². The highest BCUT2D eigenvalue weighted by atomic mass is 16.3. The molecule has 0 radical (unpaired) electrons. The monoisotopic (exact) mass is 307 g/mol. The summed E-state index contributed by atoms with van der Waals surface area (Å²) in [6, 6.07) is 22.0. The van der Waals surface area contributed by atoms with Crippen molar-refractivity contribution in [2.75, 3.05) is 7.05 Å². The lowest BCUT2D eigenvalue weighted by molar-refractivity contribution is -0.112. The van der Waals surface area contributed by atoms with Gasteiger partial charge in [-0.25, -0.2) is 0 Å². The number of fused-ring (bicyclic) bond motifs is 2. The van der Waals surface area contributed by atoms with E-state index >= 15 is 0 Å². The van der Waals surface area contributed by atoms with Crippen molar-refractivity contribution in [2.45, 2.75) is 37.5 Å². The van der Waals surface area contributed by atoms with Gasteiger partial charge in [0.1, 0.15) is 0 Å². The molecule has 1 saturated heterocycles. The van der Waals surface area contributed by atoms with E-state index < -0.39 is 0 Å². The highest BCUT2D eigenvalue weighted by Gasteiger charge is 2.49. The van der Waals surface area contributed by atoms with E-state index in [-0.39, 0.29) is 6.10 Å². The Morgan fingerprint density at radius 3 is 1.65 bits per heavy atom. The van der Waals surface area contributed by atoms with Crippen LogP contribution in [0.4, 0.5) is 0 Å². The third-order valence-electron chi connectivity index (χ3n) is 5.92. The van der Waals surface area contributed by atoms with Gasteiger partial charge in [-0.15, -0.1) is 0 Å². The molecule has 0 aromatic heterocycles. The van der Waals surface area contributed by atoms with Crippen LogP contribution < -0.4 is 0 Å². The van der Waals surface area contributed by atoms with Crippen LogP contribution in [-0.2, 0) is 0 Å². The number of likely N-dealkylation sites (tertiary alicyclic amines) is 1. The average molecular weight is 307 g/mol. The van der Waals surface area contributed by atoms with E-state index in [4.69, 9.17) is 0 Å². The maximum Gasteiger partial charge on any atom is 0.0633 e. The number of aliphatic hydroxyl groups is 1. The lowest BCUT2D eigenvalue weighted by Gasteiger charge is -2.54. The maximum atomic E-state index is 11.0. The summed E-state index contributed by atoms with van der Waals surface area (Å²) in [4.78, 5) is 2.52. The second-order valence-electron chi connectivity index (χ2n) is 7.13. The molecule has 1 N–H and O–H groups in total. The van der Waals surface area contributed by atoms with Crippen molar-refractivity contribution in [3.63, 3.8) is 0 Å². The average Bonchev–Trinajstić information content (AvgIpc) is 2.59. The van der Waals surface area contributed by atoms with Gasteiger partial charge in [0.15, 0.2) is 0 Å². The van der Waals surface area contributed by atoms with Crippen LogP contribution in [0.25, 0.3) is 0 Å². The molecule has 0 amide bonds. The van der Waals surface area contributed by atoms with Crippen molar-refractivity contribution >= 4 is 0 Å². The fraction of sp³-hybridized carbons (Fsp3) is 0.429. The smallest absolute Gasteiger partial charge is 0.0633 e. The molecule has 4 rings (SSSR count). The standard InChI is InChI=1S/C21H25NO/c1-22-19(15-9-4-2-5-10-15)17-13-8-14-18(21(17)23)20(22)16-11-6-3-7-12-16/h2-7,9-12,17-21,23H,8,13-14H2,1H3. The quantitative estimate of drug-likeness (QED) is 0.899.